The highest BCUT2D eigenvalue weighted by Crippen LogP contribution is 2.21. The number of halogens is 1. The van der Waals surface area contributed by atoms with E-state index in [-0.39, 0.29) is 10.9 Å². The van der Waals surface area contributed by atoms with Gasteiger partial charge >= 0.3 is 0 Å². The van der Waals surface area contributed by atoms with Gasteiger partial charge in [0.05, 0.1) is 0 Å². The first kappa shape index (κ1) is 15.7. The van der Waals surface area contributed by atoms with Crippen molar-refractivity contribution >= 4 is 37.5 Å². The normalized spacial score (nSPS) is 11.4. The Morgan fingerprint density at radius 2 is 1.95 bits per heavy atom. The molecule has 0 spiro atoms. The van der Waals surface area contributed by atoms with Gasteiger partial charge in [0.15, 0.2) is 5.76 Å². The van der Waals surface area contributed by atoms with Crippen molar-refractivity contribution in [3.05, 3.63) is 46.1 Å². The zero-order valence-corrected chi connectivity index (χ0v) is 13.7. The molecule has 1 aromatic carbocycles. The second-order valence-corrected chi connectivity index (χ2v) is 6.97. The fourth-order valence-corrected chi connectivity index (χ4v) is 2.76. The molecule has 6 nitrogen and oxygen atoms in total. The fourth-order valence-electron chi connectivity index (χ4n) is 1.64. The topological polar surface area (TPSA) is 88.4 Å². The number of aryl methyl sites for hydroxylation is 1. The molecule has 0 unspecified atom stereocenters. The predicted octanol–water partition coefficient (Wildman–Crippen LogP) is 2.51. The van der Waals surface area contributed by atoms with Crippen molar-refractivity contribution in [2.75, 3.05) is 12.4 Å². The molecule has 1 amide bonds. The molecule has 0 saturated carbocycles. The quantitative estimate of drug-likeness (QED) is 0.862. The van der Waals surface area contributed by atoms with Gasteiger partial charge in [-0.3, -0.25) is 4.79 Å². The van der Waals surface area contributed by atoms with E-state index in [2.05, 4.69) is 26.0 Å². The smallest absolute Gasteiger partial charge is 0.291 e. The molecule has 2 rings (SSSR count). The van der Waals surface area contributed by atoms with Crippen LogP contribution in [0.5, 0.6) is 0 Å². The standard InChI is InChI=1S/C13H13BrN2O4S/c1-8-7-9(14)3-4-10(8)16-13(17)11-5-6-12(20-11)21(18,19)15-2/h3-7,15H,1-2H3,(H,16,17). The molecule has 1 aromatic heterocycles. The van der Waals surface area contributed by atoms with E-state index in [1.165, 1.54) is 19.2 Å². The van der Waals surface area contributed by atoms with E-state index in [0.29, 0.717) is 5.69 Å². The maximum Gasteiger partial charge on any atom is 0.291 e. The van der Waals surface area contributed by atoms with Crippen LogP contribution in [0.25, 0.3) is 0 Å². The summed E-state index contributed by atoms with van der Waals surface area (Å²) in [5.41, 5.74) is 1.49. The summed E-state index contributed by atoms with van der Waals surface area (Å²) in [6.07, 6.45) is 0. The highest BCUT2D eigenvalue weighted by atomic mass is 79.9. The minimum atomic E-state index is -3.70. The Labute approximate surface area is 130 Å². The lowest BCUT2D eigenvalue weighted by Crippen LogP contribution is -2.18. The summed E-state index contributed by atoms with van der Waals surface area (Å²) in [6.45, 7) is 1.85. The largest absolute Gasteiger partial charge is 0.438 e. The van der Waals surface area contributed by atoms with E-state index in [1.54, 1.807) is 12.1 Å². The van der Waals surface area contributed by atoms with Crippen LogP contribution in [0, 0.1) is 6.92 Å². The molecular formula is C13H13BrN2O4S. The van der Waals surface area contributed by atoms with Crippen molar-refractivity contribution in [2.24, 2.45) is 0 Å². The number of sulfonamides is 1. The van der Waals surface area contributed by atoms with Crippen LogP contribution < -0.4 is 10.0 Å². The van der Waals surface area contributed by atoms with Crippen LogP contribution in [0.4, 0.5) is 5.69 Å². The van der Waals surface area contributed by atoms with Gasteiger partial charge < -0.3 is 9.73 Å². The minimum absolute atomic E-state index is 0.0776. The highest BCUT2D eigenvalue weighted by Gasteiger charge is 2.19. The van der Waals surface area contributed by atoms with E-state index in [1.807, 2.05) is 13.0 Å². The third-order valence-corrected chi connectivity index (χ3v) is 4.56. The molecule has 0 aliphatic heterocycles. The van der Waals surface area contributed by atoms with Crippen molar-refractivity contribution in [1.82, 2.24) is 4.72 Å². The molecule has 21 heavy (non-hydrogen) atoms. The lowest BCUT2D eigenvalue weighted by molar-refractivity contribution is 0.0991. The Bertz CT molecular complexity index is 783. The SMILES string of the molecule is CNS(=O)(=O)c1ccc(C(=O)Nc2ccc(Br)cc2C)o1. The molecule has 8 heteroatoms. The zero-order chi connectivity index (χ0) is 15.6. The molecule has 0 aliphatic rings. The van der Waals surface area contributed by atoms with Crippen molar-refractivity contribution in [2.45, 2.75) is 12.0 Å². The number of rotatable bonds is 4. The summed E-state index contributed by atoms with van der Waals surface area (Å²) in [5, 5.41) is 2.36. The summed E-state index contributed by atoms with van der Waals surface area (Å²) >= 11 is 3.34. The summed E-state index contributed by atoms with van der Waals surface area (Å²) in [5.74, 6) is -0.593. The Morgan fingerprint density at radius 1 is 1.24 bits per heavy atom. The van der Waals surface area contributed by atoms with Crippen LogP contribution >= 0.6 is 15.9 Å². The third kappa shape index (κ3) is 3.52. The van der Waals surface area contributed by atoms with Crippen LogP contribution in [0.1, 0.15) is 16.1 Å². The predicted molar refractivity (Wildman–Crippen MR) is 81.8 cm³/mol. The van der Waals surface area contributed by atoms with Gasteiger partial charge in [0.25, 0.3) is 15.9 Å². The number of carbonyl (C=O) groups excluding carboxylic acids is 1. The van der Waals surface area contributed by atoms with E-state index < -0.39 is 15.9 Å². The number of carbonyl (C=O) groups is 1. The molecule has 0 atom stereocenters. The molecule has 1 heterocycles. The summed E-state index contributed by atoms with van der Waals surface area (Å²) < 4.78 is 31.2. The van der Waals surface area contributed by atoms with Crippen molar-refractivity contribution in [3.63, 3.8) is 0 Å². The summed E-state index contributed by atoms with van der Waals surface area (Å²) in [7, 11) is -2.43. The average Bonchev–Trinajstić information content (AvgIpc) is 2.92. The summed E-state index contributed by atoms with van der Waals surface area (Å²) in [6, 6.07) is 7.94. The molecule has 0 radical (unpaired) electrons. The maximum atomic E-state index is 12.0. The van der Waals surface area contributed by atoms with Gasteiger partial charge in [-0.15, -0.1) is 0 Å². The van der Waals surface area contributed by atoms with Crippen molar-refractivity contribution < 1.29 is 17.6 Å². The van der Waals surface area contributed by atoms with E-state index in [4.69, 9.17) is 4.42 Å². The van der Waals surface area contributed by atoms with E-state index in [9.17, 15) is 13.2 Å². The molecule has 2 N–H and O–H groups in total. The molecule has 112 valence electrons. The summed E-state index contributed by atoms with van der Waals surface area (Å²) in [4.78, 5) is 12.0. The van der Waals surface area contributed by atoms with Crippen molar-refractivity contribution in [1.29, 1.82) is 0 Å². The maximum absolute atomic E-state index is 12.0. The van der Waals surface area contributed by atoms with Gasteiger partial charge in [0.1, 0.15) is 0 Å². The third-order valence-electron chi connectivity index (χ3n) is 2.78. The average molecular weight is 373 g/mol. The Morgan fingerprint density at radius 3 is 2.57 bits per heavy atom. The van der Waals surface area contributed by atoms with E-state index in [0.717, 1.165) is 10.0 Å². The molecule has 0 fully saturated rings. The number of furan rings is 1. The van der Waals surface area contributed by atoms with E-state index >= 15 is 0 Å². The van der Waals surface area contributed by atoms with Crippen LogP contribution in [0.15, 0.2) is 44.3 Å². The van der Waals surface area contributed by atoms with Gasteiger partial charge in [-0.2, -0.15) is 0 Å². The first-order chi connectivity index (χ1) is 9.83. The number of hydrogen-bond acceptors (Lipinski definition) is 4. The monoisotopic (exact) mass is 372 g/mol. The van der Waals surface area contributed by atoms with Crippen LogP contribution in [-0.4, -0.2) is 21.4 Å². The molecular weight excluding hydrogens is 360 g/mol. The Balaban J connectivity index is 2.22. The number of amides is 1. The Kier molecular flexibility index (Phi) is 4.50. The van der Waals surface area contributed by atoms with Gasteiger partial charge in [0.2, 0.25) is 5.09 Å². The van der Waals surface area contributed by atoms with Crippen LogP contribution in [0.2, 0.25) is 0 Å². The molecule has 0 bridgehead atoms. The number of anilines is 1. The second kappa shape index (κ2) is 6.00. The van der Waals surface area contributed by atoms with Gasteiger partial charge in [-0.1, -0.05) is 15.9 Å². The van der Waals surface area contributed by atoms with Crippen LogP contribution in [-0.2, 0) is 10.0 Å². The van der Waals surface area contributed by atoms with Crippen molar-refractivity contribution in [3.8, 4) is 0 Å². The molecule has 0 saturated heterocycles. The fraction of sp³-hybridized carbons (Fsp3) is 0.154. The number of hydrogen-bond donors (Lipinski definition) is 2. The first-order valence-corrected chi connectivity index (χ1v) is 8.22. The second-order valence-electron chi connectivity index (χ2n) is 4.24. The van der Waals surface area contributed by atoms with Crippen LogP contribution in [0.3, 0.4) is 0 Å². The zero-order valence-electron chi connectivity index (χ0n) is 11.3. The molecule has 2 aromatic rings. The lowest BCUT2D eigenvalue weighted by Gasteiger charge is -2.07. The Hall–Kier alpha value is -1.64. The first-order valence-electron chi connectivity index (χ1n) is 5.94. The minimum Gasteiger partial charge on any atom is -0.438 e. The highest BCUT2D eigenvalue weighted by molar-refractivity contribution is 9.10. The molecule has 0 aliphatic carbocycles. The lowest BCUT2D eigenvalue weighted by atomic mass is 10.2. The van der Waals surface area contributed by atoms with Gasteiger partial charge in [-0.25, -0.2) is 13.1 Å². The van der Waals surface area contributed by atoms with Gasteiger partial charge in [-0.05, 0) is 49.9 Å². The number of benzene rings is 1. The van der Waals surface area contributed by atoms with Gasteiger partial charge in [0, 0.05) is 10.2 Å². The number of nitrogens with one attached hydrogen (secondary N) is 2.